The molecule has 0 bridgehead atoms. The smallest absolute Gasteiger partial charge is 0.256 e. The number of ether oxygens (including phenoxy) is 1. The molecule has 0 aliphatic carbocycles. The van der Waals surface area contributed by atoms with E-state index in [4.69, 9.17) is 4.74 Å². The molecule has 3 rings (SSSR count). The Balaban J connectivity index is 1.96. The van der Waals surface area contributed by atoms with Crippen LogP contribution in [0.25, 0.3) is 0 Å². The minimum absolute atomic E-state index is 0.0924. The van der Waals surface area contributed by atoms with Crippen LogP contribution in [0.15, 0.2) is 42.5 Å². The van der Waals surface area contributed by atoms with Gasteiger partial charge in [0, 0.05) is 16.7 Å². The second-order valence-corrected chi connectivity index (χ2v) is 7.33. The van der Waals surface area contributed by atoms with Crippen LogP contribution in [0.3, 0.4) is 0 Å². The molecule has 0 spiro atoms. The van der Waals surface area contributed by atoms with E-state index in [0.29, 0.717) is 12.1 Å². The van der Waals surface area contributed by atoms with E-state index < -0.39 is 6.04 Å². The van der Waals surface area contributed by atoms with Gasteiger partial charge >= 0.3 is 0 Å². The van der Waals surface area contributed by atoms with Crippen molar-refractivity contribution < 1.29 is 9.53 Å². The molecule has 0 N–H and O–H groups in total. The van der Waals surface area contributed by atoms with Crippen LogP contribution >= 0.6 is 0 Å². The zero-order valence-corrected chi connectivity index (χ0v) is 15.0. The SMILES string of the molecule is Cc1cccc2c1C(=O)N(Cc1ccccc1OC(C)(C)C)C2C#N. The van der Waals surface area contributed by atoms with E-state index in [1.54, 1.807) is 4.90 Å². The normalized spacial score (nSPS) is 16.5. The molecule has 0 fully saturated rings. The Morgan fingerprint density at radius 2 is 1.88 bits per heavy atom. The largest absolute Gasteiger partial charge is 0.488 e. The highest BCUT2D eigenvalue weighted by molar-refractivity contribution is 6.01. The Hall–Kier alpha value is -2.80. The van der Waals surface area contributed by atoms with Gasteiger partial charge in [-0.3, -0.25) is 4.79 Å². The highest BCUT2D eigenvalue weighted by Crippen LogP contribution is 2.37. The number of nitriles is 1. The number of nitrogens with zero attached hydrogens (tertiary/aromatic N) is 2. The summed E-state index contributed by atoms with van der Waals surface area (Å²) in [6, 6.07) is 15.1. The van der Waals surface area contributed by atoms with Gasteiger partial charge in [0.2, 0.25) is 0 Å². The third kappa shape index (κ3) is 3.23. The molecule has 0 saturated heterocycles. The van der Waals surface area contributed by atoms with E-state index >= 15 is 0 Å². The highest BCUT2D eigenvalue weighted by atomic mass is 16.5. The van der Waals surface area contributed by atoms with Crippen molar-refractivity contribution in [1.82, 2.24) is 4.90 Å². The molecule has 1 amide bonds. The summed E-state index contributed by atoms with van der Waals surface area (Å²) in [6.45, 7) is 8.22. The summed E-state index contributed by atoms with van der Waals surface area (Å²) in [5.41, 5.74) is 2.92. The number of aryl methyl sites for hydroxylation is 1. The maximum Gasteiger partial charge on any atom is 0.256 e. The maximum absolute atomic E-state index is 12.9. The van der Waals surface area contributed by atoms with Crippen molar-refractivity contribution in [3.63, 3.8) is 0 Å². The molecule has 0 saturated carbocycles. The fraction of sp³-hybridized carbons (Fsp3) is 0.333. The minimum atomic E-state index is -0.565. The second kappa shape index (κ2) is 6.25. The number of carbonyl (C=O) groups excluding carboxylic acids is 1. The van der Waals surface area contributed by atoms with Gasteiger partial charge in [-0.05, 0) is 39.3 Å². The Bertz CT molecular complexity index is 859. The van der Waals surface area contributed by atoms with Crippen LogP contribution in [0.4, 0.5) is 0 Å². The first-order chi connectivity index (χ1) is 11.8. The molecule has 1 aliphatic rings. The molecule has 128 valence electrons. The fourth-order valence-corrected chi connectivity index (χ4v) is 3.19. The summed E-state index contributed by atoms with van der Waals surface area (Å²) in [5.74, 6) is 0.650. The van der Waals surface area contributed by atoms with E-state index in [2.05, 4.69) is 6.07 Å². The summed E-state index contributed by atoms with van der Waals surface area (Å²) in [4.78, 5) is 14.5. The van der Waals surface area contributed by atoms with Gasteiger partial charge in [-0.2, -0.15) is 5.26 Å². The van der Waals surface area contributed by atoms with Crippen molar-refractivity contribution in [2.24, 2.45) is 0 Å². The van der Waals surface area contributed by atoms with Gasteiger partial charge in [0.05, 0.1) is 12.6 Å². The van der Waals surface area contributed by atoms with E-state index in [0.717, 1.165) is 22.4 Å². The Kier molecular flexibility index (Phi) is 4.26. The van der Waals surface area contributed by atoms with Crippen molar-refractivity contribution in [2.45, 2.75) is 45.9 Å². The number of rotatable bonds is 3. The lowest BCUT2D eigenvalue weighted by Gasteiger charge is -2.26. The molecule has 0 radical (unpaired) electrons. The summed E-state index contributed by atoms with van der Waals surface area (Å²) in [6.07, 6.45) is 0. The lowest BCUT2D eigenvalue weighted by molar-refractivity contribution is 0.0738. The Labute approximate surface area is 148 Å². The first-order valence-corrected chi connectivity index (χ1v) is 8.39. The van der Waals surface area contributed by atoms with Gasteiger partial charge in [0.25, 0.3) is 5.91 Å². The molecule has 1 atom stereocenters. The molecule has 25 heavy (non-hydrogen) atoms. The van der Waals surface area contributed by atoms with Crippen molar-refractivity contribution in [3.8, 4) is 11.8 Å². The third-order valence-electron chi connectivity index (χ3n) is 4.24. The number of amides is 1. The van der Waals surface area contributed by atoms with Crippen molar-refractivity contribution >= 4 is 5.91 Å². The van der Waals surface area contributed by atoms with Crippen LogP contribution in [-0.2, 0) is 6.54 Å². The van der Waals surface area contributed by atoms with Crippen LogP contribution < -0.4 is 4.74 Å². The van der Waals surface area contributed by atoms with Crippen molar-refractivity contribution in [1.29, 1.82) is 5.26 Å². The van der Waals surface area contributed by atoms with Crippen LogP contribution in [0.2, 0.25) is 0 Å². The van der Waals surface area contributed by atoms with Gasteiger partial charge in [-0.15, -0.1) is 0 Å². The summed E-state index contributed by atoms with van der Waals surface area (Å²) < 4.78 is 6.03. The van der Waals surface area contributed by atoms with Gasteiger partial charge in [-0.25, -0.2) is 0 Å². The monoisotopic (exact) mass is 334 g/mol. The van der Waals surface area contributed by atoms with Crippen molar-refractivity contribution in [3.05, 3.63) is 64.7 Å². The number of carbonyl (C=O) groups is 1. The van der Waals surface area contributed by atoms with Crippen LogP contribution in [0.5, 0.6) is 5.75 Å². The standard InChI is InChI=1S/C21H22N2O2/c1-14-8-7-10-16-17(12-22)23(20(24)19(14)16)13-15-9-5-6-11-18(15)25-21(2,3)4/h5-11,17H,13H2,1-4H3. The van der Waals surface area contributed by atoms with E-state index in [1.165, 1.54) is 0 Å². The summed E-state index contributed by atoms with van der Waals surface area (Å²) >= 11 is 0. The van der Waals surface area contributed by atoms with Crippen LogP contribution in [0, 0.1) is 18.3 Å². The van der Waals surface area contributed by atoms with Crippen LogP contribution in [-0.4, -0.2) is 16.4 Å². The van der Waals surface area contributed by atoms with Gasteiger partial charge in [0.1, 0.15) is 17.4 Å². The van der Waals surface area contributed by atoms with Gasteiger partial charge in [-0.1, -0.05) is 36.4 Å². The molecular formula is C21H22N2O2. The van der Waals surface area contributed by atoms with Crippen molar-refractivity contribution in [2.75, 3.05) is 0 Å². The Morgan fingerprint density at radius 3 is 2.56 bits per heavy atom. The van der Waals surface area contributed by atoms with E-state index in [-0.39, 0.29) is 11.5 Å². The van der Waals surface area contributed by atoms with Crippen LogP contribution in [0.1, 0.15) is 53.9 Å². The molecule has 1 unspecified atom stereocenters. The zero-order valence-electron chi connectivity index (χ0n) is 15.0. The van der Waals surface area contributed by atoms with Gasteiger partial charge in [0.15, 0.2) is 0 Å². The molecule has 1 aliphatic heterocycles. The first-order valence-electron chi connectivity index (χ1n) is 8.39. The Morgan fingerprint density at radius 1 is 1.16 bits per heavy atom. The number of fused-ring (bicyclic) bond motifs is 1. The molecule has 4 nitrogen and oxygen atoms in total. The molecule has 0 aromatic heterocycles. The molecule has 1 heterocycles. The quantitative estimate of drug-likeness (QED) is 0.836. The third-order valence-corrected chi connectivity index (χ3v) is 4.24. The summed E-state index contributed by atoms with van der Waals surface area (Å²) in [7, 11) is 0. The first kappa shape index (κ1) is 17.0. The molecular weight excluding hydrogens is 312 g/mol. The zero-order chi connectivity index (χ0) is 18.2. The lowest BCUT2D eigenvalue weighted by atomic mass is 10.0. The summed E-state index contributed by atoms with van der Waals surface area (Å²) in [5, 5.41) is 9.65. The molecule has 4 heteroatoms. The average Bonchev–Trinajstić information content (AvgIpc) is 2.81. The number of hydrogen-bond acceptors (Lipinski definition) is 3. The molecule has 2 aromatic rings. The topological polar surface area (TPSA) is 53.3 Å². The average molecular weight is 334 g/mol. The second-order valence-electron chi connectivity index (χ2n) is 7.33. The van der Waals surface area contributed by atoms with E-state index in [9.17, 15) is 10.1 Å². The fourth-order valence-electron chi connectivity index (χ4n) is 3.19. The molecule has 2 aromatic carbocycles. The minimum Gasteiger partial charge on any atom is -0.488 e. The van der Waals surface area contributed by atoms with E-state index in [1.807, 2.05) is 70.2 Å². The highest BCUT2D eigenvalue weighted by Gasteiger charge is 2.38. The predicted molar refractivity (Wildman–Crippen MR) is 96.2 cm³/mol. The maximum atomic E-state index is 12.9. The number of para-hydroxylation sites is 1. The predicted octanol–water partition coefficient (Wildman–Crippen LogP) is 4.39. The number of hydrogen-bond donors (Lipinski definition) is 0. The lowest BCUT2D eigenvalue weighted by Crippen LogP contribution is -2.28. The number of benzene rings is 2. The van der Waals surface area contributed by atoms with Gasteiger partial charge < -0.3 is 9.64 Å².